The quantitative estimate of drug-likeness (QED) is 0.787. The molecule has 0 N–H and O–H groups in total. The van der Waals surface area contributed by atoms with Gasteiger partial charge >= 0.3 is 0 Å². The lowest BCUT2D eigenvalue weighted by atomic mass is 10.2. The molecule has 3 rings (SSSR count). The van der Waals surface area contributed by atoms with E-state index in [0.717, 1.165) is 38.3 Å². The predicted molar refractivity (Wildman–Crippen MR) is 96.2 cm³/mol. The highest BCUT2D eigenvalue weighted by Gasteiger charge is 2.20. The first-order valence-corrected chi connectivity index (χ1v) is 8.83. The number of aromatic nitrogens is 1. The average Bonchev–Trinajstić information content (AvgIpc) is 2.93. The van der Waals surface area contributed by atoms with Crippen molar-refractivity contribution in [3.8, 4) is 11.6 Å². The number of nitrogens with zero attached hydrogens (tertiary/aromatic N) is 3. The molecule has 0 saturated carbocycles. The van der Waals surface area contributed by atoms with Gasteiger partial charge < -0.3 is 18.9 Å². The lowest BCUT2D eigenvalue weighted by molar-refractivity contribution is -0.133. The van der Waals surface area contributed by atoms with Crippen molar-refractivity contribution in [1.29, 1.82) is 0 Å². The number of hydrogen-bond donors (Lipinski definition) is 0. The molecule has 0 radical (unpaired) electrons. The minimum atomic E-state index is -0.0167. The molecule has 1 aromatic heterocycles. The molecule has 0 spiro atoms. The van der Waals surface area contributed by atoms with Crippen LogP contribution in [-0.2, 0) is 11.3 Å². The first-order chi connectivity index (χ1) is 12.6. The maximum absolute atomic E-state index is 12.4. The third-order valence-electron chi connectivity index (χ3n) is 4.46. The highest BCUT2D eigenvalue weighted by atomic mass is 16.5. The predicted octanol–water partition coefficient (Wildman–Crippen LogP) is 2.10. The van der Waals surface area contributed by atoms with Crippen LogP contribution in [0, 0.1) is 6.92 Å². The molecule has 1 amide bonds. The Morgan fingerprint density at radius 1 is 1.19 bits per heavy atom. The molecule has 1 aliphatic rings. The second-order valence-corrected chi connectivity index (χ2v) is 6.42. The Labute approximate surface area is 153 Å². The van der Waals surface area contributed by atoms with Crippen LogP contribution in [0.5, 0.6) is 11.6 Å². The second-order valence-electron chi connectivity index (χ2n) is 6.42. The minimum Gasteiger partial charge on any atom is -0.497 e. The van der Waals surface area contributed by atoms with Gasteiger partial charge in [0, 0.05) is 38.8 Å². The van der Waals surface area contributed by atoms with Gasteiger partial charge in [0.2, 0.25) is 0 Å². The molecule has 1 fully saturated rings. The van der Waals surface area contributed by atoms with E-state index in [9.17, 15) is 4.79 Å². The van der Waals surface area contributed by atoms with E-state index in [1.165, 1.54) is 5.56 Å². The fraction of sp³-hybridized carbons (Fsp3) is 0.474. The van der Waals surface area contributed by atoms with Crippen molar-refractivity contribution < 1.29 is 18.8 Å². The van der Waals surface area contributed by atoms with Crippen LogP contribution in [0.25, 0.3) is 0 Å². The fourth-order valence-corrected chi connectivity index (χ4v) is 3.01. The van der Waals surface area contributed by atoms with Crippen LogP contribution in [-0.4, -0.2) is 60.8 Å². The van der Waals surface area contributed by atoms with Gasteiger partial charge in [-0.25, -0.2) is 0 Å². The molecule has 1 aromatic carbocycles. The van der Waals surface area contributed by atoms with Gasteiger partial charge in [0.05, 0.1) is 7.11 Å². The van der Waals surface area contributed by atoms with Crippen molar-refractivity contribution in [2.24, 2.45) is 0 Å². The van der Waals surface area contributed by atoms with Gasteiger partial charge in [0.15, 0.2) is 6.61 Å². The van der Waals surface area contributed by atoms with Crippen LogP contribution in [0.15, 0.2) is 34.9 Å². The molecule has 1 saturated heterocycles. The van der Waals surface area contributed by atoms with E-state index in [-0.39, 0.29) is 12.5 Å². The summed E-state index contributed by atoms with van der Waals surface area (Å²) < 4.78 is 15.5. The molecule has 7 nitrogen and oxygen atoms in total. The molecular weight excluding hydrogens is 334 g/mol. The summed E-state index contributed by atoms with van der Waals surface area (Å²) in [5.41, 5.74) is 1.25. The number of methoxy groups -OCH3 is 1. The number of carbonyl (C=O) groups is 1. The molecule has 0 bridgehead atoms. The van der Waals surface area contributed by atoms with Crippen molar-refractivity contribution in [3.63, 3.8) is 0 Å². The number of benzene rings is 1. The summed E-state index contributed by atoms with van der Waals surface area (Å²) in [6.45, 7) is 5.93. The van der Waals surface area contributed by atoms with E-state index in [1.807, 2.05) is 17.0 Å². The molecule has 140 valence electrons. The minimum absolute atomic E-state index is 0.00947. The largest absolute Gasteiger partial charge is 0.497 e. The van der Waals surface area contributed by atoms with E-state index < -0.39 is 0 Å². The fourth-order valence-electron chi connectivity index (χ4n) is 3.01. The van der Waals surface area contributed by atoms with E-state index in [1.54, 1.807) is 20.1 Å². The van der Waals surface area contributed by atoms with Crippen LogP contribution in [0.3, 0.4) is 0 Å². The Morgan fingerprint density at radius 2 is 2.00 bits per heavy atom. The number of hydrogen-bond acceptors (Lipinski definition) is 6. The summed E-state index contributed by atoms with van der Waals surface area (Å²) >= 11 is 0. The first kappa shape index (κ1) is 18.3. The smallest absolute Gasteiger partial charge is 0.260 e. The normalized spacial score (nSPS) is 15.5. The molecule has 2 aromatic rings. The summed E-state index contributed by atoms with van der Waals surface area (Å²) in [5, 5.41) is 3.74. The van der Waals surface area contributed by atoms with Crippen molar-refractivity contribution >= 4 is 5.91 Å². The van der Waals surface area contributed by atoms with Crippen molar-refractivity contribution in [3.05, 3.63) is 41.7 Å². The Hall–Kier alpha value is -2.54. The molecule has 7 heteroatoms. The van der Waals surface area contributed by atoms with Gasteiger partial charge in [-0.2, -0.15) is 0 Å². The molecule has 0 unspecified atom stereocenters. The van der Waals surface area contributed by atoms with Gasteiger partial charge in [-0.1, -0.05) is 12.1 Å². The van der Waals surface area contributed by atoms with Crippen molar-refractivity contribution in [2.75, 3.05) is 39.9 Å². The van der Waals surface area contributed by atoms with Gasteiger partial charge in [-0.15, -0.1) is 0 Å². The SMILES string of the molecule is COc1ccc(CN2CCCN(C(=O)COc3cc(C)on3)CC2)cc1. The summed E-state index contributed by atoms with van der Waals surface area (Å²) in [6, 6.07) is 9.80. The van der Waals surface area contributed by atoms with Crippen LogP contribution in [0.2, 0.25) is 0 Å². The van der Waals surface area contributed by atoms with Crippen LogP contribution in [0.4, 0.5) is 0 Å². The van der Waals surface area contributed by atoms with E-state index in [4.69, 9.17) is 14.0 Å². The van der Waals surface area contributed by atoms with Crippen LogP contribution >= 0.6 is 0 Å². The standard InChI is InChI=1S/C19H25N3O4/c1-15-12-18(20-26-15)25-14-19(23)22-9-3-8-21(10-11-22)13-16-4-6-17(24-2)7-5-16/h4-7,12H,3,8-11,13-14H2,1-2H3. The van der Waals surface area contributed by atoms with E-state index in [2.05, 4.69) is 22.2 Å². The van der Waals surface area contributed by atoms with Gasteiger partial charge in [0.1, 0.15) is 11.5 Å². The number of aryl methyl sites for hydroxylation is 1. The zero-order chi connectivity index (χ0) is 18.4. The van der Waals surface area contributed by atoms with Crippen LogP contribution in [0.1, 0.15) is 17.7 Å². The maximum Gasteiger partial charge on any atom is 0.260 e. The molecule has 26 heavy (non-hydrogen) atoms. The highest BCUT2D eigenvalue weighted by molar-refractivity contribution is 5.77. The van der Waals surface area contributed by atoms with E-state index in [0.29, 0.717) is 18.2 Å². The molecule has 0 aliphatic carbocycles. The summed E-state index contributed by atoms with van der Waals surface area (Å²) in [7, 11) is 1.67. The zero-order valence-corrected chi connectivity index (χ0v) is 15.3. The number of rotatable bonds is 6. The van der Waals surface area contributed by atoms with Gasteiger partial charge in [0.25, 0.3) is 11.8 Å². The lowest BCUT2D eigenvalue weighted by Gasteiger charge is -2.22. The summed E-state index contributed by atoms with van der Waals surface area (Å²) in [4.78, 5) is 16.6. The number of amides is 1. The highest BCUT2D eigenvalue weighted by Crippen LogP contribution is 2.15. The first-order valence-electron chi connectivity index (χ1n) is 8.83. The summed E-state index contributed by atoms with van der Waals surface area (Å²) in [5.74, 6) is 1.86. The molecule has 1 aliphatic heterocycles. The Balaban J connectivity index is 1.46. The Bertz CT molecular complexity index is 714. The van der Waals surface area contributed by atoms with Gasteiger partial charge in [-0.3, -0.25) is 9.69 Å². The Kier molecular flexibility index (Phi) is 6.12. The third kappa shape index (κ3) is 4.98. The lowest BCUT2D eigenvalue weighted by Crippen LogP contribution is -2.38. The number of carbonyl (C=O) groups excluding carboxylic acids is 1. The monoisotopic (exact) mass is 359 g/mol. The van der Waals surface area contributed by atoms with Gasteiger partial charge in [-0.05, 0) is 36.2 Å². The Morgan fingerprint density at radius 3 is 2.69 bits per heavy atom. The maximum atomic E-state index is 12.4. The molecule has 0 atom stereocenters. The second kappa shape index (κ2) is 8.71. The average molecular weight is 359 g/mol. The summed E-state index contributed by atoms with van der Waals surface area (Å²) in [6.07, 6.45) is 0.949. The third-order valence-corrected chi connectivity index (χ3v) is 4.46. The zero-order valence-electron chi connectivity index (χ0n) is 15.3. The number of ether oxygens (including phenoxy) is 2. The molecule has 2 heterocycles. The topological polar surface area (TPSA) is 68.0 Å². The van der Waals surface area contributed by atoms with E-state index >= 15 is 0 Å². The van der Waals surface area contributed by atoms with Crippen molar-refractivity contribution in [2.45, 2.75) is 19.9 Å². The molecular formula is C19H25N3O4. The van der Waals surface area contributed by atoms with Crippen molar-refractivity contribution in [1.82, 2.24) is 15.0 Å². The van der Waals surface area contributed by atoms with Crippen LogP contribution < -0.4 is 9.47 Å².